The van der Waals surface area contributed by atoms with E-state index in [1.54, 1.807) is 12.1 Å². The Morgan fingerprint density at radius 3 is 2.76 bits per heavy atom. The number of carbonyl (C=O) groups excluding carboxylic acids is 1. The summed E-state index contributed by atoms with van der Waals surface area (Å²) < 4.78 is 1.61. The summed E-state index contributed by atoms with van der Waals surface area (Å²) >= 11 is 13.4. The molecule has 0 radical (unpaired) electrons. The molecule has 0 saturated heterocycles. The molecule has 0 saturated carbocycles. The van der Waals surface area contributed by atoms with Gasteiger partial charge in [-0.15, -0.1) is 11.3 Å². The van der Waals surface area contributed by atoms with Gasteiger partial charge in [0.1, 0.15) is 9.21 Å². The van der Waals surface area contributed by atoms with Crippen molar-refractivity contribution in [2.45, 2.75) is 0 Å². The van der Waals surface area contributed by atoms with Crippen LogP contribution in [0, 0.1) is 0 Å². The van der Waals surface area contributed by atoms with Crippen LogP contribution >= 0.6 is 54.8 Å². The van der Waals surface area contributed by atoms with E-state index >= 15 is 0 Å². The molecule has 8 heteroatoms. The molecular weight excluding hydrogens is 393 g/mol. The zero-order valence-corrected chi connectivity index (χ0v) is 12.8. The summed E-state index contributed by atoms with van der Waals surface area (Å²) in [6.07, 6.45) is 1.50. The first-order valence-corrected chi connectivity index (χ1v) is 7.09. The Balaban J connectivity index is 2.18. The molecule has 0 aliphatic heterocycles. The molecule has 2 rings (SSSR count). The molecule has 0 spiro atoms. The van der Waals surface area contributed by atoms with Crippen molar-refractivity contribution in [3.8, 4) is 0 Å². The van der Waals surface area contributed by atoms with Gasteiger partial charge in [0.2, 0.25) is 0 Å². The molecule has 0 aliphatic carbocycles. The predicted molar refractivity (Wildman–Crippen MR) is 74.7 cm³/mol. The minimum atomic E-state index is -0.265. The van der Waals surface area contributed by atoms with Gasteiger partial charge in [0, 0.05) is 0 Å². The number of halogens is 3. The van der Waals surface area contributed by atoms with E-state index in [0.29, 0.717) is 24.2 Å². The maximum Gasteiger partial charge on any atom is 0.267 e. The second-order valence-electron chi connectivity index (χ2n) is 2.89. The van der Waals surface area contributed by atoms with Gasteiger partial charge in [-0.3, -0.25) is 4.79 Å². The van der Waals surface area contributed by atoms with E-state index in [1.165, 1.54) is 17.5 Å². The van der Waals surface area contributed by atoms with Gasteiger partial charge in [-0.05, 0) is 44.0 Å². The third-order valence-corrected chi connectivity index (χ3v) is 3.89. The Labute approximate surface area is 123 Å². The van der Waals surface area contributed by atoms with E-state index in [4.69, 9.17) is 11.6 Å². The van der Waals surface area contributed by atoms with Crippen molar-refractivity contribution in [2.75, 3.05) is 5.32 Å². The number of hydrogen-bond donors (Lipinski definition) is 1. The Bertz CT molecular complexity index is 575. The fourth-order valence-corrected chi connectivity index (χ4v) is 2.88. The number of nitrogens with zero attached hydrogens (tertiary/aromatic N) is 2. The number of thiophene rings is 1. The zero-order chi connectivity index (χ0) is 12.4. The lowest BCUT2D eigenvalue weighted by Gasteiger charge is -2.04. The van der Waals surface area contributed by atoms with Crippen LogP contribution in [-0.2, 0) is 0 Å². The summed E-state index contributed by atoms with van der Waals surface area (Å²) in [5.74, 6) is 0.0990. The number of carbonyl (C=O) groups is 1. The molecule has 88 valence electrons. The van der Waals surface area contributed by atoms with Crippen LogP contribution in [0.15, 0.2) is 27.5 Å². The fraction of sp³-hybridized carbons (Fsp3) is 0. The van der Waals surface area contributed by atoms with Crippen molar-refractivity contribution in [1.82, 2.24) is 9.97 Å². The molecule has 0 bridgehead atoms. The van der Waals surface area contributed by atoms with Crippen LogP contribution in [0.25, 0.3) is 0 Å². The fourth-order valence-electron chi connectivity index (χ4n) is 1.04. The molecule has 1 amide bonds. The average Bonchev–Trinajstić information content (AvgIpc) is 2.69. The summed E-state index contributed by atoms with van der Waals surface area (Å²) in [6.45, 7) is 0. The molecule has 2 aromatic rings. The second kappa shape index (κ2) is 5.43. The van der Waals surface area contributed by atoms with E-state index in [2.05, 4.69) is 47.1 Å². The molecule has 1 N–H and O–H groups in total. The lowest BCUT2D eigenvalue weighted by molar-refractivity contribution is 0.103. The summed E-state index contributed by atoms with van der Waals surface area (Å²) in [7, 11) is 0. The molecule has 0 aliphatic rings. The molecular formula is C9H4Br2ClN3OS. The van der Waals surface area contributed by atoms with Crippen molar-refractivity contribution in [3.63, 3.8) is 0 Å². The number of amides is 1. The first kappa shape index (κ1) is 12.9. The van der Waals surface area contributed by atoms with E-state index < -0.39 is 0 Å². The van der Waals surface area contributed by atoms with Crippen molar-refractivity contribution in [1.29, 1.82) is 0 Å². The molecule has 17 heavy (non-hydrogen) atoms. The van der Waals surface area contributed by atoms with Gasteiger partial charge < -0.3 is 5.32 Å². The third kappa shape index (κ3) is 3.25. The number of hydrogen-bond acceptors (Lipinski definition) is 4. The highest BCUT2D eigenvalue weighted by molar-refractivity contribution is 9.11. The SMILES string of the molecule is O=C(Nc1ncc(Br)nc1Br)c1ccc(Cl)s1. The summed E-state index contributed by atoms with van der Waals surface area (Å²) in [6, 6.07) is 3.33. The molecule has 2 heterocycles. The first-order chi connectivity index (χ1) is 8.06. The smallest absolute Gasteiger partial charge is 0.267 e. The van der Waals surface area contributed by atoms with Gasteiger partial charge in [-0.2, -0.15) is 0 Å². The average molecular weight is 397 g/mol. The van der Waals surface area contributed by atoms with Crippen LogP contribution in [0.4, 0.5) is 5.82 Å². The zero-order valence-electron chi connectivity index (χ0n) is 8.08. The Morgan fingerprint density at radius 1 is 1.41 bits per heavy atom. The molecule has 0 fully saturated rings. The number of rotatable bonds is 2. The van der Waals surface area contributed by atoms with Gasteiger partial charge >= 0.3 is 0 Å². The van der Waals surface area contributed by atoms with Crippen LogP contribution in [0.2, 0.25) is 4.34 Å². The second-order valence-corrected chi connectivity index (χ2v) is 6.17. The lowest BCUT2D eigenvalue weighted by Crippen LogP contribution is -2.12. The highest BCUT2D eigenvalue weighted by Gasteiger charge is 2.12. The monoisotopic (exact) mass is 395 g/mol. The van der Waals surface area contributed by atoms with Crippen molar-refractivity contribution < 1.29 is 4.79 Å². The van der Waals surface area contributed by atoms with Crippen LogP contribution in [-0.4, -0.2) is 15.9 Å². The highest BCUT2D eigenvalue weighted by Crippen LogP contribution is 2.24. The maximum atomic E-state index is 11.8. The van der Waals surface area contributed by atoms with Crippen molar-refractivity contribution >= 4 is 66.5 Å². The summed E-state index contributed by atoms with van der Waals surface area (Å²) in [5, 5.41) is 2.64. The van der Waals surface area contributed by atoms with E-state index in [9.17, 15) is 4.79 Å². The lowest BCUT2D eigenvalue weighted by atomic mass is 10.4. The standard InChI is InChI=1S/C9H4Br2ClN3OS/c10-5-3-13-8(7(11)14-5)15-9(16)4-1-2-6(12)17-4/h1-3H,(H,13,15,16). The van der Waals surface area contributed by atoms with Crippen LogP contribution in [0.5, 0.6) is 0 Å². The summed E-state index contributed by atoms with van der Waals surface area (Å²) in [5.41, 5.74) is 0. The van der Waals surface area contributed by atoms with Crippen molar-refractivity contribution in [3.05, 3.63) is 36.7 Å². The maximum absolute atomic E-state index is 11.8. The Hall–Kier alpha value is -0.500. The van der Waals surface area contributed by atoms with E-state index in [1.807, 2.05) is 0 Å². The Kier molecular flexibility index (Phi) is 4.13. The van der Waals surface area contributed by atoms with Gasteiger partial charge in [-0.1, -0.05) is 11.6 Å². The quantitative estimate of drug-likeness (QED) is 0.834. The highest BCUT2D eigenvalue weighted by atomic mass is 79.9. The van der Waals surface area contributed by atoms with Crippen LogP contribution in [0.3, 0.4) is 0 Å². The molecule has 4 nitrogen and oxygen atoms in total. The van der Waals surface area contributed by atoms with Gasteiger partial charge in [0.05, 0.1) is 15.4 Å². The number of nitrogens with one attached hydrogen (secondary N) is 1. The largest absolute Gasteiger partial charge is 0.304 e. The first-order valence-electron chi connectivity index (χ1n) is 4.31. The molecule has 0 atom stereocenters. The topological polar surface area (TPSA) is 54.9 Å². The van der Waals surface area contributed by atoms with Gasteiger partial charge in [-0.25, -0.2) is 9.97 Å². The van der Waals surface area contributed by atoms with E-state index in [-0.39, 0.29) is 5.91 Å². The third-order valence-electron chi connectivity index (χ3n) is 1.73. The predicted octanol–water partition coefficient (Wildman–Crippen LogP) is 3.97. The van der Waals surface area contributed by atoms with Crippen molar-refractivity contribution in [2.24, 2.45) is 0 Å². The van der Waals surface area contributed by atoms with E-state index in [0.717, 1.165) is 0 Å². The summed E-state index contributed by atoms with van der Waals surface area (Å²) in [4.78, 5) is 20.4. The molecule has 0 unspecified atom stereocenters. The molecule has 0 aromatic carbocycles. The number of anilines is 1. The molecule has 2 aromatic heterocycles. The Morgan fingerprint density at radius 2 is 2.18 bits per heavy atom. The normalized spacial score (nSPS) is 10.3. The minimum Gasteiger partial charge on any atom is -0.304 e. The number of aromatic nitrogens is 2. The van der Waals surface area contributed by atoms with Crippen LogP contribution in [0.1, 0.15) is 9.67 Å². The minimum absolute atomic E-state index is 0.265. The van der Waals surface area contributed by atoms with Crippen LogP contribution < -0.4 is 5.32 Å². The van der Waals surface area contributed by atoms with Gasteiger partial charge in [0.25, 0.3) is 5.91 Å². The van der Waals surface area contributed by atoms with Gasteiger partial charge in [0.15, 0.2) is 5.82 Å².